The first-order valence-corrected chi connectivity index (χ1v) is 9.48. The molecule has 6 nitrogen and oxygen atoms in total. The molecule has 0 spiro atoms. The number of amides is 1. The van der Waals surface area contributed by atoms with Crippen LogP contribution in [0.1, 0.15) is 13.8 Å². The van der Waals surface area contributed by atoms with Crippen LogP contribution in [0.25, 0.3) is 22.4 Å². The molecule has 0 aliphatic heterocycles. The zero-order chi connectivity index (χ0) is 17.8. The van der Waals surface area contributed by atoms with E-state index in [1.165, 1.54) is 18.3 Å². The van der Waals surface area contributed by atoms with Crippen molar-refractivity contribution in [3.8, 4) is 17.2 Å². The molecule has 0 atom stereocenters. The first-order chi connectivity index (χ1) is 12.1. The lowest BCUT2D eigenvalue weighted by Crippen LogP contribution is -2.14. The van der Waals surface area contributed by atoms with Crippen molar-refractivity contribution in [3.63, 3.8) is 0 Å². The second kappa shape index (κ2) is 7.71. The number of hydrogen-bond donors (Lipinski definition) is 1. The first kappa shape index (κ1) is 17.5. The molecule has 8 heteroatoms. The standard InChI is InChI=1S/C17H16N2O4S2/c1-3-22-13-6-4-5-11-7-14(23-16(11)13)12-8-25-17(18-12)19-15(21)9-24-10(2)20/h4-8H,3,9H2,1-2H3,(H,18,19,21). The topological polar surface area (TPSA) is 81.4 Å². The molecule has 3 aromatic rings. The summed E-state index contributed by atoms with van der Waals surface area (Å²) in [5.74, 6) is 1.12. The zero-order valence-electron chi connectivity index (χ0n) is 13.7. The van der Waals surface area contributed by atoms with Gasteiger partial charge in [-0.2, -0.15) is 0 Å². The Morgan fingerprint density at radius 1 is 1.40 bits per heavy atom. The molecule has 0 aliphatic rings. The number of aromatic nitrogens is 1. The lowest BCUT2D eigenvalue weighted by Gasteiger charge is -2.02. The van der Waals surface area contributed by atoms with E-state index in [1.807, 2.05) is 36.6 Å². The predicted molar refractivity (Wildman–Crippen MR) is 100 cm³/mol. The molecule has 25 heavy (non-hydrogen) atoms. The van der Waals surface area contributed by atoms with E-state index >= 15 is 0 Å². The number of thioether (sulfide) groups is 1. The van der Waals surface area contributed by atoms with E-state index in [0.29, 0.717) is 34.5 Å². The maximum Gasteiger partial charge on any atom is 0.236 e. The highest BCUT2D eigenvalue weighted by Crippen LogP contribution is 2.34. The second-order valence-electron chi connectivity index (χ2n) is 5.08. The number of para-hydroxylation sites is 1. The Morgan fingerprint density at radius 3 is 3.00 bits per heavy atom. The monoisotopic (exact) mass is 376 g/mol. The molecule has 2 heterocycles. The number of nitrogens with zero attached hydrogens (tertiary/aromatic N) is 1. The van der Waals surface area contributed by atoms with Crippen molar-refractivity contribution in [1.29, 1.82) is 0 Å². The number of carbonyl (C=O) groups is 2. The average molecular weight is 376 g/mol. The van der Waals surface area contributed by atoms with Gasteiger partial charge in [0.1, 0.15) is 5.69 Å². The molecule has 1 aromatic carbocycles. The van der Waals surface area contributed by atoms with Crippen LogP contribution in [0.3, 0.4) is 0 Å². The lowest BCUT2D eigenvalue weighted by atomic mass is 10.2. The van der Waals surface area contributed by atoms with Crippen LogP contribution in [0.15, 0.2) is 34.1 Å². The van der Waals surface area contributed by atoms with Crippen LogP contribution in [0.2, 0.25) is 0 Å². The van der Waals surface area contributed by atoms with Gasteiger partial charge in [0.25, 0.3) is 0 Å². The summed E-state index contributed by atoms with van der Waals surface area (Å²) < 4.78 is 11.5. The van der Waals surface area contributed by atoms with E-state index < -0.39 is 0 Å². The summed E-state index contributed by atoms with van der Waals surface area (Å²) in [6.07, 6.45) is 0. The molecule has 0 saturated carbocycles. The van der Waals surface area contributed by atoms with E-state index in [1.54, 1.807) is 0 Å². The van der Waals surface area contributed by atoms with E-state index in [-0.39, 0.29) is 16.8 Å². The Hall–Kier alpha value is -2.32. The van der Waals surface area contributed by atoms with Gasteiger partial charge in [-0.3, -0.25) is 9.59 Å². The van der Waals surface area contributed by atoms with Crippen molar-refractivity contribution >= 4 is 50.2 Å². The SMILES string of the molecule is CCOc1cccc2cc(-c3csc(NC(=O)CSC(C)=O)n3)oc12. The van der Waals surface area contributed by atoms with Gasteiger partial charge in [0.05, 0.1) is 12.4 Å². The highest BCUT2D eigenvalue weighted by Gasteiger charge is 2.14. The number of furan rings is 1. The molecule has 0 aliphatic carbocycles. The fourth-order valence-electron chi connectivity index (χ4n) is 2.20. The molecule has 0 radical (unpaired) electrons. The quantitative estimate of drug-likeness (QED) is 0.695. The van der Waals surface area contributed by atoms with Crippen LogP contribution in [-0.2, 0) is 9.59 Å². The number of hydrogen-bond acceptors (Lipinski definition) is 7. The fraction of sp³-hybridized carbons (Fsp3) is 0.235. The van der Waals surface area contributed by atoms with Gasteiger partial charge in [-0.05, 0) is 19.1 Å². The molecule has 0 bridgehead atoms. The Balaban J connectivity index is 1.78. The number of fused-ring (bicyclic) bond motifs is 1. The van der Waals surface area contributed by atoms with E-state index in [0.717, 1.165) is 17.1 Å². The highest BCUT2D eigenvalue weighted by atomic mass is 32.2. The third-order valence-corrected chi connectivity index (χ3v) is 4.79. The number of benzene rings is 1. The molecular weight excluding hydrogens is 360 g/mol. The summed E-state index contributed by atoms with van der Waals surface area (Å²) in [5, 5.41) is 5.79. The minimum atomic E-state index is -0.260. The summed E-state index contributed by atoms with van der Waals surface area (Å²) in [4.78, 5) is 27.0. The van der Waals surface area contributed by atoms with Gasteiger partial charge in [-0.25, -0.2) is 4.98 Å². The number of nitrogens with one attached hydrogen (secondary N) is 1. The summed E-state index contributed by atoms with van der Waals surface area (Å²) in [6, 6.07) is 7.60. The Kier molecular flexibility index (Phi) is 5.40. The van der Waals surface area contributed by atoms with Crippen molar-refractivity contribution in [1.82, 2.24) is 4.98 Å². The van der Waals surface area contributed by atoms with Gasteiger partial charge in [0.2, 0.25) is 5.91 Å². The summed E-state index contributed by atoms with van der Waals surface area (Å²) >= 11 is 2.27. The van der Waals surface area contributed by atoms with Crippen LogP contribution in [0, 0.1) is 0 Å². The zero-order valence-corrected chi connectivity index (χ0v) is 15.3. The van der Waals surface area contributed by atoms with E-state index in [2.05, 4.69) is 10.3 Å². The molecule has 130 valence electrons. The molecule has 3 rings (SSSR count). The molecule has 2 aromatic heterocycles. The minimum absolute atomic E-state index is 0.0760. The molecule has 0 unspecified atom stereocenters. The molecule has 1 amide bonds. The smallest absolute Gasteiger partial charge is 0.236 e. The summed E-state index contributed by atoms with van der Waals surface area (Å²) in [6.45, 7) is 3.90. The highest BCUT2D eigenvalue weighted by molar-refractivity contribution is 8.14. The number of anilines is 1. The van der Waals surface area contributed by atoms with Crippen molar-refractivity contribution in [3.05, 3.63) is 29.6 Å². The lowest BCUT2D eigenvalue weighted by molar-refractivity contribution is -0.114. The van der Waals surface area contributed by atoms with E-state index in [4.69, 9.17) is 9.15 Å². The van der Waals surface area contributed by atoms with Crippen molar-refractivity contribution in [2.45, 2.75) is 13.8 Å². The largest absolute Gasteiger partial charge is 0.490 e. The van der Waals surface area contributed by atoms with Crippen LogP contribution < -0.4 is 10.1 Å². The van der Waals surface area contributed by atoms with Crippen molar-refractivity contribution < 1.29 is 18.7 Å². The van der Waals surface area contributed by atoms with Gasteiger partial charge >= 0.3 is 0 Å². The Labute approximate surface area is 152 Å². The van der Waals surface area contributed by atoms with Crippen LogP contribution in [0.4, 0.5) is 5.13 Å². The molecule has 0 saturated heterocycles. The fourth-order valence-corrected chi connectivity index (χ4v) is 3.32. The number of carbonyl (C=O) groups excluding carboxylic acids is 2. The number of ether oxygens (including phenoxy) is 1. The molecular formula is C17H16N2O4S2. The van der Waals surface area contributed by atoms with Gasteiger partial charge < -0.3 is 14.5 Å². The van der Waals surface area contributed by atoms with Gasteiger partial charge in [0.15, 0.2) is 27.3 Å². The van der Waals surface area contributed by atoms with Crippen LogP contribution >= 0.6 is 23.1 Å². The summed E-state index contributed by atoms with van der Waals surface area (Å²) in [7, 11) is 0. The van der Waals surface area contributed by atoms with Gasteiger partial charge in [0, 0.05) is 17.7 Å². The van der Waals surface area contributed by atoms with Crippen LogP contribution in [0.5, 0.6) is 5.75 Å². The Bertz CT molecular complexity index is 916. The molecule has 0 fully saturated rings. The molecule has 1 N–H and O–H groups in total. The third kappa shape index (κ3) is 4.21. The summed E-state index contributed by atoms with van der Waals surface area (Å²) in [5.41, 5.74) is 1.31. The van der Waals surface area contributed by atoms with E-state index in [9.17, 15) is 9.59 Å². The number of thiazole rings is 1. The maximum absolute atomic E-state index is 11.8. The second-order valence-corrected chi connectivity index (χ2v) is 7.09. The normalized spacial score (nSPS) is 10.8. The minimum Gasteiger partial charge on any atom is -0.490 e. The number of rotatable bonds is 6. The predicted octanol–water partition coefficient (Wildman–Crippen LogP) is 4.17. The van der Waals surface area contributed by atoms with Crippen molar-refractivity contribution in [2.75, 3.05) is 17.7 Å². The Morgan fingerprint density at radius 2 is 2.24 bits per heavy atom. The first-order valence-electron chi connectivity index (χ1n) is 7.61. The van der Waals surface area contributed by atoms with Gasteiger partial charge in [-0.15, -0.1) is 11.3 Å². The van der Waals surface area contributed by atoms with Crippen molar-refractivity contribution in [2.24, 2.45) is 0 Å². The maximum atomic E-state index is 11.8. The average Bonchev–Trinajstić information content (AvgIpc) is 3.20. The van der Waals surface area contributed by atoms with Crippen LogP contribution in [-0.4, -0.2) is 28.4 Å². The van der Waals surface area contributed by atoms with Gasteiger partial charge in [-0.1, -0.05) is 23.9 Å². The third-order valence-electron chi connectivity index (χ3n) is 3.22.